The summed E-state index contributed by atoms with van der Waals surface area (Å²) >= 11 is 0. The molecule has 0 fully saturated rings. The van der Waals surface area contributed by atoms with E-state index in [1.165, 1.54) is 17.7 Å². The Morgan fingerprint density at radius 1 is 0.737 bits per heavy atom. The van der Waals surface area contributed by atoms with Gasteiger partial charge in [-0.1, -0.05) is 91.9 Å². The summed E-state index contributed by atoms with van der Waals surface area (Å²) in [6.45, 7) is 5.19. The van der Waals surface area contributed by atoms with Gasteiger partial charge in [0.05, 0.1) is 0 Å². The van der Waals surface area contributed by atoms with Crippen molar-refractivity contribution in [2.45, 2.75) is 56.9 Å². The van der Waals surface area contributed by atoms with Gasteiger partial charge in [-0.25, -0.2) is 0 Å². The molecule has 0 aliphatic rings. The fourth-order valence-corrected chi connectivity index (χ4v) is 4.58. The predicted octanol–water partition coefficient (Wildman–Crippen LogP) is 7.85. The minimum atomic E-state index is -5.47. The maximum atomic E-state index is 13.5. The first-order valence-corrected chi connectivity index (χ1v) is 12.7. The van der Waals surface area contributed by atoms with Crippen molar-refractivity contribution in [3.05, 3.63) is 107 Å². The van der Waals surface area contributed by atoms with E-state index in [9.17, 15) is 26.3 Å². The van der Waals surface area contributed by atoms with E-state index in [-0.39, 0.29) is 12.8 Å². The lowest BCUT2D eigenvalue weighted by Crippen LogP contribution is -2.51. The lowest BCUT2D eigenvalue weighted by molar-refractivity contribution is -0.297. The molecule has 206 valence electrons. The molecule has 0 aliphatic carbocycles. The van der Waals surface area contributed by atoms with E-state index in [2.05, 4.69) is 29.3 Å². The average molecular weight is 537 g/mol. The van der Waals surface area contributed by atoms with Crippen molar-refractivity contribution in [2.75, 3.05) is 19.8 Å². The number of nitrogens with one attached hydrogen (secondary N) is 1. The monoisotopic (exact) mass is 536 g/mol. The van der Waals surface area contributed by atoms with Crippen LogP contribution in [0.25, 0.3) is 0 Å². The molecular formula is C30H34F6N2. The van der Waals surface area contributed by atoms with Crippen molar-refractivity contribution in [3.63, 3.8) is 0 Å². The minimum absolute atomic E-state index is 0.00346. The van der Waals surface area contributed by atoms with E-state index in [4.69, 9.17) is 0 Å². The second kappa shape index (κ2) is 12.8. The van der Waals surface area contributed by atoms with Crippen LogP contribution in [0.4, 0.5) is 26.3 Å². The topological polar surface area (TPSA) is 15.3 Å². The molecule has 3 rings (SSSR count). The highest BCUT2D eigenvalue weighted by Crippen LogP contribution is 2.51. The SMILES string of the molecule is CCCN(CNCc1ccccc1)C[C@@H](Cc1ccc(C(C)(C(F)(F)F)C(F)(F)F)cc1)c1ccccc1. The standard InChI is InChI=1S/C30H34F6N2/c1-3-18-38(22-37-20-24-10-6-4-7-11-24)21-26(25-12-8-5-9-13-25)19-23-14-16-27(17-15-23)28(2,29(31,32)33)30(34,35)36/h4-17,26,37H,3,18-22H2,1-2H3/t26-/m1/s1. The molecule has 2 nitrogen and oxygen atoms in total. The van der Waals surface area contributed by atoms with E-state index in [0.29, 0.717) is 25.2 Å². The van der Waals surface area contributed by atoms with Crippen molar-refractivity contribution >= 4 is 0 Å². The molecule has 3 aromatic carbocycles. The van der Waals surface area contributed by atoms with Gasteiger partial charge in [-0.15, -0.1) is 0 Å². The van der Waals surface area contributed by atoms with Crippen molar-refractivity contribution < 1.29 is 26.3 Å². The van der Waals surface area contributed by atoms with Crippen LogP contribution < -0.4 is 5.32 Å². The Labute approximate surface area is 220 Å². The molecular weight excluding hydrogens is 502 g/mol. The second-order valence-corrected chi connectivity index (χ2v) is 9.78. The van der Waals surface area contributed by atoms with Crippen molar-refractivity contribution in [1.82, 2.24) is 10.2 Å². The summed E-state index contributed by atoms with van der Waals surface area (Å²) in [5, 5.41) is 3.47. The average Bonchev–Trinajstić information content (AvgIpc) is 2.88. The third kappa shape index (κ3) is 7.38. The maximum absolute atomic E-state index is 13.5. The number of hydrogen-bond donors (Lipinski definition) is 1. The Hall–Kier alpha value is -2.84. The summed E-state index contributed by atoms with van der Waals surface area (Å²) in [7, 11) is 0. The zero-order chi connectivity index (χ0) is 27.8. The van der Waals surface area contributed by atoms with Gasteiger partial charge in [0.2, 0.25) is 0 Å². The molecule has 0 saturated carbocycles. The molecule has 0 amide bonds. The highest BCUT2D eigenvalue weighted by Gasteiger charge is 2.68. The first-order valence-electron chi connectivity index (χ1n) is 12.7. The van der Waals surface area contributed by atoms with E-state index in [1.54, 1.807) is 0 Å². The maximum Gasteiger partial charge on any atom is 0.406 e. The highest BCUT2D eigenvalue weighted by atomic mass is 19.4. The van der Waals surface area contributed by atoms with Gasteiger partial charge >= 0.3 is 12.4 Å². The zero-order valence-electron chi connectivity index (χ0n) is 21.6. The van der Waals surface area contributed by atoms with Gasteiger partial charge in [0.1, 0.15) is 0 Å². The van der Waals surface area contributed by atoms with Crippen LogP contribution in [0.1, 0.15) is 48.4 Å². The third-order valence-electron chi connectivity index (χ3n) is 6.94. The van der Waals surface area contributed by atoms with Gasteiger partial charge in [-0.05, 0) is 48.6 Å². The van der Waals surface area contributed by atoms with E-state index in [1.807, 2.05) is 48.5 Å². The lowest BCUT2D eigenvalue weighted by Gasteiger charge is -2.34. The van der Waals surface area contributed by atoms with Crippen LogP contribution >= 0.6 is 0 Å². The summed E-state index contributed by atoms with van der Waals surface area (Å²) in [6, 6.07) is 24.5. The Bertz CT molecular complexity index is 1080. The van der Waals surface area contributed by atoms with E-state index < -0.39 is 23.3 Å². The van der Waals surface area contributed by atoms with Gasteiger partial charge in [0.25, 0.3) is 0 Å². The van der Waals surface area contributed by atoms with Gasteiger partial charge in [-0.3, -0.25) is 4.90 Å². The van der Waals surface area contributed by atoms with E-state index >= 15 is 0 Å². The van der Waals surface area contributed by atoms with Gasteiger partial charge < -0.3 is 5.32 Å². The summed E-state index contributed by atoms with van der Waals surface area (Å²) in [5.41, 5.74) is -1.82. The molecule has 1 N–H and O–H groups in total. The molecule has 3 aromatic rings. The summed E-state index contributed by atoms with van der Waals surface area (Å²) < 4.78 is 81.1. The van der Waals surface area contributed by atoms with Gasteiger partial charge in [-0.2, -0.15) is 26.3 Å². The first kappa shape index (κ1) is 29.7. The molecule has 0 bridgehead atoms. The van der Waals surface area contributed by atoms with E-state index in [0.717, 1.165) is 37.2 Å². The summed E-state index contributed by atoms with van der Waals surface area (Å²) in [5.74, 6) is 0.00346. The van der Waals surface area contributed by atoms with Crippen LogP contribution in [0.2, 0.25) is 0 Å². The highest BCUT2D eigenvalue weighted by molar-refractivity contribution is 5.33. The Kier molecular flexibility index (Phi) is 10.0. The van der Waals surface area contributed by atoms with Gasteiger partial charge in [0, 0.05) is 25.7 Å². The number of hydrogen-bond acceptors (Lipinski definition) is 2. The lowest BCUT2D eigenvalue weighted by atomic mass is 9.80. The fraction of sp³-hybridized carbons (Fsp3) is 0.400. The Morgan fingerprint density at radius 3 is 1.82 bits per heavy atom. The fourth-order valence-electron chi connectivity index (χ4n) is 4.58. The molecule has 0 saturated heterocycles. The molecule has 0 radical (unpaired) electrons. The normalized spacial score (nSPS) is 13.6. The number of rotatable bonds is 12. The molecule has 0 aromatic heterocycles. The third-order valence-corrected chi connectivity index (χ3v) is 6.94. The molecule has 0 aliphatic heterocycles. The second-order valence-electron chi connectivity index (χ2n) is 9.78. The Morgan fingerprint density at radius 2 is 1.29 bits per heavy atom. The van der Waals surface area contributed by atoms with Crippen LogP contribution in [0, 0.1) is 0 Å². The summed E-state index contributed by atoms with van der Waals surface area (Å²) in [4.78, 5) is 2.29. The quantitative estimate of drug-likeness (QED) is 0.187. The molecule has 0 spiro atoms. The largest absolute Gasteiger partial charge is 0.406 e. The molecule has 0 unspecified atom stereocenters. The van der Waals surface area contributed by atoms with Crippen molar-refractivity contribution in [2.24, 2.45) is 0 Å². The van der Waals surface area contributed by atoms with Crippen LogP contribution in [0.15, 0.2) is 84.9 Å². The van der Waals surface area contributed by atoms with Crippen LogP contribution in [0.5, 0.6) is 0 Å². The smallest absolute Gasteiger partial charge is 0.300 e. The molecule has 8 heteroatoms. The first-order chi connectivity index (χ1) is 18.0. The van der Waals surface area contributed by atoms with Gasteiger partial charge in [0.15, 0.2) is 5.41 Å². The predicted molar refractivity (Wildman–Crippen MR) is 139 cm³/mol. The number of benzene rings is 3. The molecule has 1 atom stereocenters. The molecule has 0 heterocycles. The van der Waals surface area contributed by atoms with Crippen LogP contribution in [-0.2, 0) is 18.4 Å². The zero-order valence-corrected chi connectivity index (χ0v) is 21.6. The van der Waals surface area contributed by atoms with Crippen molar-refractivity contribution in [3.8, 4) is 0 Å². The molecule has 38 heavy (non-hydrogen) atoms. The summed E-state index contributed by atoms with van der Waals surface area (Å²) in [6.07, 6.45) is -9.51. The van der Waals surface area contributed by atoms with Crippen LogP contribution in [0.3, 0.4) is 0 Å². The number of halogens is 6. The number of alkyl halides is 6. The minimum Gasteiger partial charge on any atom is -0.300 e. The van der Waals surface area contributed by atoms with Crippen LogP contribution in [-0.4, -0.2) is 37.0 Å². The Balaban J connectivity index is 1.78. The van der Waals surface area contributed by atoms with Crippen molar-refractivity contribution in [1.29, 1.82) is 0 Å². The number of nitrogens with zero attached hydrogens (tertiary/aromatic N) is 1.